The topological polar surface area (TPSA) is 43.9 Å². The summed E-state index contributed by atoms with van der Waals surface area (Å²) in [6.07, 6.45) is 4.84. The maximum atomic E-state index is 13.9. The maximum Gasteiger partial charge on any atom is 0.270 e. The lowest BCUT2D eigenvalue weighted by molar-refractivity contribution is -0.120. The Morgan fingerprint density at radius 2 is 1.44 bits per heavy atom. The number of rotatable bonds is 5. The highest BCUT2D eigenvalue weighted by Gasteiger charge is 2.41. The van der Waals surface area contributed by atoms with Crippen LogP contribution in [0.4, 0.5) is 17.1 Å². The van der Waals surface area contributed by atoms with Gasteiger partial charge in [-0.1, -0.05) is 61.0 Å². The number of para-hydroxylation sites is 2. The summed E-state index contributed by atoms with van der Waals surface area (Å²) in [6, 6.07) is 22.2. The molecule has 0 unspecified atom stereocenters. The SMILES string of the molecule is CCCN1c2cc(Cl)c(C=C3C(=O)N(c4ccccc4)C(=S)N(c4ccccc4)C3=O)cc2C(C)=CC1(C)C. The molecule has 1 saturated heterocycles. The Morgan fingerprint density at radius 3 is 1.95 bits per heavy atom. The monoisotopic (exact) mass is 555 g/mol. The zero-order chi connectivity index (χ0) is 27.9. The molecule has 0 saturated carbocycles. The van der Waals surface area contributed by atoms with Gasteiger partial charge in [0.15, 0.2) is 5.11 Å². The molecule has 198 valence electrons. The Hall–Kier alpha value is -3.74. The van der Waals surface area contributed by atoms with Crippen molar-refractivity contribution in [1.29, 1.82) is 0 Å². The Bertz CT molecular complexity index is 1470. The Labute approximate surface area is 240 Å². The molecule has 2 amide bonds. The Kier molecular flexibility index (Phi) is 7.19. The lowest BCUT2D eigenvalue weighted by Crippen LogP contribution is -2.56. The van der Waals surface area contributed by atoms with Crippen LogP contribution in [0.1, 0.15) is 45.2 Å². The van der Waals surface area contributed by atoms with Gasteiger partial charge in [-0.2, -0.15) is 0 Å². The zero-order valence-corrected chi connectivity index (χ0v) is 24.0. The smallest absolute Gasteiger partial charge is 0.270 e. The molecule has 2 aliphatic rings. The second-order valence-electron chi connectivity index (χ2n) is 10.3. The van der Waals surface area contributed by atoms with Gasteiger partial charge in [0, 0.05) is 22.8 Å². The summed E-state index contributed by atoms with van der Waals surface area (Å²) in [5.74, 6) is -0.976. The average Bonchev–Trinajstić information content (AvgIpc) is 2.90. The van der Waals surface area contributed by atoms with Crippen molar-refractivity contribution in [3.8, 4) is 0 Å². The summed E-state index contributed by atoms with van der Waals surface area (Å²) in [6.45, 7) is 9.50. The minimum Gasteiger partial charge on any atom is -0.362 e. The standard InChI is InChI=1S/C32H30ClN3O2S/c1-5-16-34-28-19-27(33)22(17-25(28)21(2)20-32(34,3)4)18-26-29(37)35(23-12-8-6-9-13-23)31(39)36(30(26)38)24-14-10-7-11-15-24/h6-15,17-20H,5,16H2,1-4H3. The van der Waals surface area contributed by atoms with E-state index in [0.717, 1.165) is 29.8 Å². The number of halogens is 1. The number of benzene rings is 3. The van der Waals surface area contributed by atoms with Crippen LogP contribution in [0.15, 0.2) is 84.4 Å². The molecule has 0 bridgehead atoms. The van der Waals surface area contributed by atoms with E-state index >= 15 is 0 Å². The van der Waals surface area contributed by atoms with Crippen molar-refractivity contribution in [1.82, 2.24) is 0 Å². The van der Waals surface area contributed by atoms with E-state index in [2.05, 4.69) is 38.7 Å². The van der Waals surface area contributed by atoms with Gasteiger partial charge in [-0.25, -0.2) is 0 Å². The quantitative estimate of drug-likeness (QED) is 0.186. The molecule has 5 rings (SSSR count). The van der Waals surface area contributed by atoms with E-state index in [1.54, 1.807) is 30.3 Å². The van der Waals surface area contributed by atoms with Crippen LogP contribution in [-0.2, 0) is 9.59 Å². The first kappa shape index (κ1) is 26.9. The summed E-state index contributed by atoms with van der Waals surface area (Å²) in [5, 5.41) is 0.575. The molecule has 2 aliphatic heterocycles. The maximum absolute atomic E-state index is 13.9. The minimum atomic E-state index is -0.488. The van der Waals surface area contributed by atoms with E-state index in [9.17, 15) is 9.59 Å². The Morgan fingerprint density at radius 1 is 0.897 bits per heavy atom. The van der Waals surface area contributed by atoms with E-state index in [4.69, 9.17) is 23.8 Å². The number of carbonyl (C=O) groups excluding carboxylic acids is 2. The Balaban J connectivity index is 1.66. The minimum absolute atomic E-state index is 0.0126. The van der Waals surface area contributed by atoms with Crippen LogP contribution in [0.25, 0.3) is 11.6 Å². The second-order valence-corrected chi connectivity index (χ2v) is 11.1. The molecule has 3 aromatic carbocycles. The normalized spacial score (nSPS) is 16.8. The van der Waals surface area contributed by atoms with Gasteiger partial charge in [0.05, 0.1) is 16.9 Å². The van der Waals surface area contributed by atoms with Crippen molar-refractivity contribution in [2.24, 2.45) is 0 Å². The van der Waals surface area contributed by atoms with Crippen molar-refractivity contribution in [2.75, 3.05) is 21.2 Å². The van der Waals surface area contributed by atoms with E-state index in [0.29, 0.717) is 22.0 Å². The van der Waals surface area contributed by atoms with Gasteiger partial charge < -0.3 is 4.90 Å². The van der Waals surface area contributed by atoms with Crippen molar-refractivity contribution >= 4 is 69.5 Å². The second kappa shape index (κ2) is 10.4. The highest BCUT2D eigenvalue weighted by molar-refractivity contribution is 7.81. The van der Waals surface area contributed by atoms with Crippen LogP contribution in [0, 0.1) is 0 Å². The highest BCUT2D eigenvalue weighted by atomic mass is 35.5. The van der Waals surface area contributed by atoms with Gasteiger partial charge in [0.2, 0.25) is 0 Å². The molecule has 2 heterocycles. The number of hydrogen-bond acceptors (Lipinski definition) is 4. The molecule has 7 heteroatoms. The van der Waals surface area contributed by atoms with Crippen LogP contribution >= 0.6 is 23.8 Å². The van der Waals surface area contributed by atoms with E-state index in [1.807, 2.05) is 48.5 Å². The van der Waals surface area contributed by atoms with Gasteiger partial charge in [-0.3, -0.25) is 19.4 Å². The van der Waals surface area contributed by atoms with Crippen molar-refractivity contribution in [2.45, 2.75) is 39.7 Å². The fraction of sp³-hybridized carbons (Fsp3) is 0.219. The molecule has 39 heavy (non-hydrogen) atoms. The lowest BCUT2D eigenvalue weighted by atomic mass is 9.87. The molecule has 0 N–H and O–H groups in total. The van der Waals surface area contributed by atoms with Crippen LogP contribution in [0.5, 0.6) is 0 Å². The largest absolute Gasteiger partial charge is 0.362 e. The van der Waals surface area contributed by atoms with E-state index < -0.39 is 11.8 Å². The third-order valence-corrected chi connectivity index (χ3v) is 7.81. The lowest BCUT2D eigenvalue weighted by Gasteiger charge is -2.43. The van der Waals surface area contributed by atoms with E-state index in [-0.39, 0.29) is 16.2 Å². The first-order valence-corrected chi connectivity index (χ1v) is 13.8. The third kappa shape index (κ3) is 4.79. The van der Waals surface area contributed by atoms with Crippen LogP contribution < -0.4 is 14.7 Å². The molecule has 0 radical (unpaired) electrons. The van der Waals surface area contributed by atoms with Crippen LogP contribution in [-0.4, -0.2) is 29.0 Å². The van der Waals surface area contributed by atoms with Crippen LogP contribution in [0.3, 0.4) is 0 Å². The predicted molar refractivity (Wildman–Crippen MR) is 165 cm³/mol. The number of hydrogen-bond donors (Lipinski definition) is 0. The number of anilines is 3. The van der Waals surface area contributed by atoms with Crippen LogP contribution in [0.2, 0.25) is 5.02 Å². The number of allylic oxidation sites excluding steroid dienone is 1. The predicted octanol–water partition coefficient (Wildman–Crippen LogP) is 7.50. The summed E-state index contributed by atoms with van der Waals surface area (Å²) in [4.78, 5) is 32.9. The van der Waals surface area contributed by atoms with Gasteiger partial charge in [-0.05, 0) is 93.0 Å². The third-order valence-electron chi connectivity index (χ3n) is 7.12. The molecule has 3 aromatic rings. The molecule has 0 aromatic heterocycles. The van der Waals surface area contributed by atoms with Gasteiger partial charge in [0.25, 0.3) is 11.8 Å². The molecule has 0 atom stereocenters. The fourth-order valence-corrected chi connectivity index (χ4v) is 5.94. The zero-order valence-electron chi connectivity index (χ0n) is 22.4. The molecular weight excluding hydrogens is 526 g/mol. The van der Waals surface area contributed by atoms with Gasteiger partial charge in [0.1, 0.15) is 5.57 Å². The molecular formula is C32H30ClN3O2S. The van der Waals surface area contributed by atoms with Crippen molar-refractivity contribution in [3.63, 3.8) is 0 Å². The molecule has 0 aliphatic carbocycles. The van der Waals surface area contributed by atoms with Gasteiger partial charge in [-0.15, -0.1) is 0 Å². The molecule has 0 spiro atoms. The number of fused-ring (bicyclic) bond motifs is 1. The number of carbonyl (C=O) groups is 2. The number of amides is 2. The number of nitrogens with zero attached hydrogens (tertiary/aromatic N) is 3. The van der Waals surface area contributed by atoms with E-state index in [1.165, 1.54) is 9.80 Å². The number of thiocarbonyl (C=S) groups is 1. The highest BCUT2D eigenvalue weighted by Crippen LogP contribution is 2.42. The first-order chi connectivity index (χ1) is 18.6. The fourth-order valence-electron chi connectivity index (χ4n) is 5.35. The average molecular weight is 556 g/mol. The van der Waals surface area contributed by atoms with Crippen molar-refractivity contribution in [3.05, 3.63) is 101 Å². The molecule has 1 fully saturated rings. The summed E-state index contributed by atoms with van der Waals surface area (Å²) in [5.41, 5.74) is 4.80. The summed E-state index contributed by atoms with van der Waals surface area (Å²) in [7, 11) is 0. The summed E-state index contributed by atoms with van der Waals surface area (Å²) >= 11 is 12.6. The molecule has 5 nitrogen and oxygen atoms in total. The van der Waals surface area contributed by atoms with Gasteiger partial charge >= 0.3 is 0 Å². The van der Waals surface area contributed by atoms with Crippen molar-refractivity contribution < 1.29 is 9.59 Å². The first-order valence-electron chi connectivity index (χ1n) is 13.0. The summed E-state index contributed by atoms with van der Waals surface area (Å²) < 4.78 is 0.